The van der Waals surface area contributed by atoms with Crippen LogP contribution in [0.3, 0.4) is 0 Å². The smallest absolute Gasteiger partial charge is 0.267 e. The lowest BCUT2D eigenvalue weighted by Gasteiger charge is -2.34. The summed E-state index contributed by atoms with van der Waals surface area (Å²) in [7, 11) is 0. The van der Waals surface area contributed by atoms with Crippen molar-refractivity contribution in [2.45, 2.75) is 153 Å². The van der Waals surface area contributed by atoms with E-state index in [1.807, 2.05) is 19.9 Å². The van der Waals surface area contributed by atoms with Crippen LogP contribution in [-0.2, 0) is 5.41 Å². The zero-order valence-electron chi connectivity index (χ0n) is 30.3. The topological polar surface area (TPSA) is 97.5 Å². The van der Waals surface area contributed by atoms with Crippen LogP contribution in [0.15, 0.2) is 26.1 Å². The molecule has 2 heterocycles. The molecule has 0 atom stereocenters. The second-order valence-corrected chi connectivity index (χ2v) is 15.7. The summed E-state index contributed by atoms with van der Waals surface area (Å²) in [5.41, 5.74) is 3.72. The lowest BCUT2D eigenvalue weighted by Crippen LogP contribution is -2.32. The van der Waals surface area contributed by atoms with Crippen molar-refractivity contribution >= 4 is 16.9 Å². The van der Waals surface area contributed by atoms with Crippen molar-refractivity contribution in [3.05, 3.63) is 55.2 Å². The lowest BCUT2D eigenvalue weighted by molar-refractivity contribution is 0.0913. The average molecular weight is 612 g/mol. The Labute approximate surface area is 266 Å². The van der Waals surface area contributed by atoms with Gasteiger partial charge in [0.1, 0.15) is 5.52 Å². The highest BCUT2D eigenvalue weighted by Gasteiger charge is 2.31. The summed E-state index contributed by atoms with van der Waals surface area (Å²) in [6.07, 6.45) is 8.76. The maximum absolute atomic E-state index is 12.4. The monoisotopic (exact) mass is 611 g/mol. The highest BCUT2D eigenvalue weighted by atomic mass is 16.3. The number of aromatic nitrogens is 1. The minimum atomic E-state index is -0.762. The van der Waals surface area contributed by atoms with E-state index in [0.717, 1.165) is 16.7 Å². The van der Waals surface area contributed by atoms with Crippen LogP contribution in [0.4, 0.5) is 0 Å². The minimum absolute atomic E-state index is 0.0452. The Balaban J connectivity index is 0.000000437. The number of furan rings is 1. The van der Waals surface area contributed by atoms with Crippen LogP contribution in [0, 0.1) is 23.7 Å². The van der Waals surface area contributed by atoms with Crippen LogP contribution in [0.2, 0.25) is 0 Å². The van der Waals surface area contributed by atoms with E-state index in [1.54, 1.807) is 0 Å². The number of carbonyl (C=O) groups excluding carboxylic acids is 1. The van der Waals surface area contributed by atoms with Gasteiger partial charge >= 0.3 is 0 Å². The molecule has 0 bridgehead atoms. The SMILES string of the molecule is CC(C)C(=O)c1cc2nc(C3CCC(C)(C)CC3)cc(C(C)(C)C)c2o1.CCC(C)(C)C.CCCC.Cc1c(O)c(=O)c1=O. The Kier molecular flexibility index (Phi) is 14.3. The minimum Gasteiger partial charge on any atom is -0.504 e. The molecule has 1 aromatic carbocycles. The molecule has 0 spiro atoms. The van der Waals surface area contributed by atoms with Crippen LogP contribution < -0.4 is 10.9 Å². The lowest BCUT2D eigenvalue weighted by atomic mass is 9.72. The van der Waals surface area contributed by atoms with E-state index in [2.05, 4.69) is 82.2 Å². The number of fused-ring (bicyclic) bond motifs is 1. The average Bonchev–Trinajstić information content (AvgIpc) is 3.39. The highest BCUT2D eigenvalue weighted by molar-refractivity contribution is 5.98. The Morgan fingerprint density at radius 2 is 1.48 bits per heavy atom. The largest absolute Gasteiger partial charge is 0.504 e. The molecule has 1 aliphatic rings. The molecule has 0 saturated heterocycles. The van der Waals surface area contributed by atoms with Crippen molar-refractivity contribution in [3.8, 4) is 5.75 Å². The predicted octanol–water partition coefficient (Wildman–Crippen LogP) is 10.2. The standard InChI is InChI=1S/C23H33NO2.C6H14.C5H4O3.C4H10/c1-14(2)20(25)19-13-18-21(26-19)16(22(3,4)5)12-17(24-18)15-8-10-23(6,7)11-9-15;1-5-6(2,3)4;1-2-3(6)5(8)4(2)7;1-3-4-2/h12-15H,8-11H2,1-7H3;5H2,1-4H3;6H,1H3;3-4H2,1-2H3. The summed E-state index contributed by atoms with van der Waals surface area (Å²) in [4.78, 5) is 37.7. The van der Waals surface area contributed by atoms with Gasteiger partial charge in [0.25, 0.3) is 5.43 Å². The van der Waals surface area contributed by atoms with Crippen molar-refractivity contribution in [1.29, 1.82) is 0 Å². The maximum atomic E-state index is 12.4. The number of hydrogen-bond acceptors (Lipinski definition) is 6. The van der Waals surface area contributed by atoms with Crippen molar-refractivity contribution in [3.63, 3.8) is 0 Å². The number of carbonyl (C=O) groups is 1. The summed E-state index contributed by atoms with van der Waals surface area (Å²) in [6, 6.07) is 4.08. The fourth-order valence-electron chi connectivity index (χ4n) is 4.40. The molecular formula is C38H61NO5. The number of unbranched alkanes of at least 4 members (excludes halogenated alkanes) is 1. The van der Waals surface area contributed by atoms with Crippen molar-refractivity contribution in [2.24, 2.45) is 16.7 Å². The van der Waals surface area contributed by atoms with Gasteiger partial charge in [-0.15, -0.1) is 0 Å². The molecule has 0 amide bonds. The molecule has 2 aromatic heterocycles. The second-order valence-electron chi connectivity index (χ2n) is 15.7. The molecule has 1 aliphatic carbocycles. The van der Waals surface area contributed by atoms with Crippen LogP contribution in [0.25, 0.3) is 11.1 Å². The molecule has 1 N–H and O–H groups in total. The number of hydrogen-bond donors (Lipinski definition) is 1. The molecule has 6 nitrogen and oxygen atoms in total. The molecule has 1 fully saturated rings. The molecule has 0 aliphatic heterocycles. The van der Waals surface area contributed by atoms with E-state index in [0.29, 0.717) is 22.5 Å². The molecule has 4 rings (SSSR count). The zero-order valence-corrected chi connectivity index (χ0v) is 30.3. The molecule has 6 heteroatoms. The second kappa shape index (κ2) is 16.0. The normalized spacial score (nSPS) is 15.2. The number of Topliss-reactive ketones (excluding diaryl/α,β-unsaturated/α-hetero) is 1. The maximum Gasteiger partial charge on any atom is 0.267 e. The van der Waals surface area contributed by atoms with Crippen LogP contribution in [-0.4, -0.2) is 15.9 Å². The number of aromatic hydroxyl groups is 1. The number of pyridine rings is 1. The van der Waals surface area contributed by atoms with Gasteiger partial charge in [0, 0.05) is 34.7 Å². The summed E-state index contributed by atoms with van der Waals surface area (Å²) >= 11 is 0. The summed E-state index contributed by atoms with van der Waals surface area (Å²) in [5.74, 6) is 0.537. The van der Waals surface area contributed by atoms with Crippen LogP contribution in [0.1, 0.15) is 168 Å². The van der Waals surface area contributed by atoms with Gasteiger partial charge in [0.15, 0.2) is 17.1 Å². The number of rotatable bonds is 4. The van der Waals surface area contributed by atoms with Crippen molar-refractivity contribution < 1.29 is 14.3 Å². The van der Waals surface area contributed by atoms with Gasteiger partial charge < -0.3 is 9.52 Å². The Morgan fingerprint density at radius 3 is 1.82 bits per heavy atom. The van der Waals surface area contributed by atoms with Gasteiger partial charge in [-0.05, 0) is 54.9 Å². The first kappa shape index (κ1) is 39.3. The van der Waals surface area contributed by atoms with Gasteiger partial charge in [0.2, 0.25) is 11.2 Å². The highest BCUT2D eigenvalue weighted by Crippen LogP contribution is 2.43. The van der Waals surface area contributed by atoms with E-state index >= 15 is 0 Å². The first-order valence-corrected chi connectivity index (χ1v) is 16.6. The number of ketones is 1. The quantitative estimate of drug-likeness (QED) is 0.233. The zero-order chi connectivity index (χ0) is 34.2. The third kappa shape index (κ3) is 11.3. The Bertz CT molecular complexity index is 1380. The molecule has 0 radical (unpaired) electrons. The molecule has 3 aromatic rings. The van der Waals surface area contributed by atoms with Gasteiger partial charge in [-0.3, -0.25) is 14.4 Å². The fraction of sp³-hybridized carbons (Fsp3) is 0.684. The predicted molar refractivity (Wildman–Crippen MR) is 185 cm³/mol. The molecule has 248 valence electrons. The van der Waals surface area contributed by atoms with E-state index in [4.69, 9.17) is 14.5 Å². The first-order valence-electron chi connectivity index (χ1n) is 16.6. The molecule has 44 heavy (non-hydrogen) atoms. The van der Waals surface area contributed by atoms with Gasteiger partial charge in [0.05, 0.1) is 0 Å². The van der Waals surface area contributed by atoms with Crippen LogP contribution in [0.5, 0.6) is 5.75 Å². The molecular weight excluding hydrogens is 550 g/mol. The summed E-state index contributed by atoms with van der Waals surface area (Å²) in [6.45, 7) is 29.8. The van der Waals surface area contributed by atoms with E-state index in [9.17, 15) is 14.4 Å². The van der Waals surface area contributed by atoms with Gasteiger partial charge in [-0.2, -0.15) is 0 Å². The van der Waals surface area contributed by atoms with Gasteiger partial charge in [-0.25, -0.2) is 4.98 Å². The van der Waals surface area contributed by atoms with E-state index in [-0.39, 0.29) is 28.4 Å². The van der Waals surface area contributed by atoms with E-state index in [1.165, 1.54) is 57.6 Å². The third-order valence-corrected chi connectivity index (χ3v) is 8.51. The number of nitrogens with zero attached hydrogens (tertiary/aromatic N) is 1. The fourth-order valence-corrected chi connectivity index (χ4v) is 4.40. The van der Waals surface area contributed by atoms with Crippen molar-refractivity contribution in [1.82, 2.24) is 4.98 Å². The van der Waals surface area contributed by atoms with Crippen LogP contribution >= 0.6 is 0 Å². The summed E-state index contributed by atoms with van der Waals surface area (Å²) in [5, 5.41) is 8.46. The molecule has 0 unspecified atom stereocenters. The first-order chi connectivity index (χ1) is 20.1. The molecule has 1 saturated carbocycles. The van der Waals surface area contributed by atoms with Crippen molar-refractivity contribution in [2.75, 3.05) is 0 Å². The Hall–Kier alpha value is -2.76. The Morgan fingerprint density at radius 1 is 0.977 bits per heavy atom. The summed E-state index contributed by atoms with van der Waals surface area (Å²) < 4.78 is 6.01. The van der Waals surface area contributed by atoms with E-state index < -0.39 is 10.9 Å². The third-order valence-electron chi connectivity index (χ3n) is 8.51. The van der Waals surface area contributed by atoms with Gasteiger partial charge in [-0.1, -0.05) is 109 Å².